The first-order valence-electron chi connectivity index (χ1n) is 9.08. The summed E-state index contributed by atoms with van der Waals surface area (Å²) in [7, 11) is 0. The zero-order valence-corrected chi connectivity index (χ0v) is 15.3. The van der Waals surface area contributed by atoms with Crippen LogP contribution in [-0.2, 0) is 6.54 Å². The number of rotatable bonds is 4. The molecular weight excluding hydrogens is 324 g/mol. The van der Waals surface area contributed by atoms with E-state index >= 15 is 0 Å². The van der Waals surface area contributed by atoms with E-state index in [0.29, 0.717) is 0 Å². The minimum atomic E-state index is 0.766. The Balaban J connectivity index is 1.38. The van der Waals surface area contributed by atoms with Crippen LogP contribution in [0.1, 0.15) is 17.0 Å². The van der Waals surface area contributed by atoms with Crippen LogP contribution in [0.4, 0.5) is 5.82 Å². The topological polar surface area (TPSA) is 50.1 Å². The molecular formula is C20H24N6. The second-order valence-corrected chi connectivity index (χ2v) is 6.84. The molecule has 1 fully saturated rings. The molecule has 0 bridgehead atoms. The maximum absolute atomic E-state index is 4.47. The largest absolute Gasteiger partial charge is 0.353 e. The van der Waals surface area contributed by atoms with Crippen LogP contribution in [0.25, 0.3) is 5.82 Å². The van der Waals surface area contributed by atoms with Gasteiger partial charge >= 0.3 is 0 Å². The molecule has 6 heteroatoms. The predicted octanol–water partition coefficient (Wildman–Crippen LogP) is 2.60. The Morgan fingerprint density at radius 1 is 0.846 bits per heavy atom. The summed E-state index contributed by atoms with van der Waals surface area (Å²) in [6, 6.07) is 16.7. The molecule has 134 valence electrons. The Morgan fingerprint density at radius 2 is 1.54 bits per heavy atom. The second kappa shape index (κ2) is 7.25. The van der Waals surface area contributed by atoms with Gasteiger partial charge in [0.2, 0.25) is 0 Å². The molecule has 3 aromatic rings. The molecule has 1 aliphatic rings. The standard InChI is InChI=1S/C20H24N6/c1-16-14-17(2)26(23-16)20-9-8-19(21-22-20)25-12-10-24(11-13-25)15-18-6-4-3-5-7-18/h3-9,14H,10-13,15H2,1-2H3. The first kappa shape index (κ1) is 16.7. The Morgan fingerprint density at radius 3 is 2.15 bits per heavy atom. The van der Waals surface area contributed by atoms with Gasteiger partial charge in [-0.05, 0) is 37.6 Å². The van der Waals surface area contributed by atoms with Gasteiger partial charge in [0.25, 0.3) is 0 Å². The van der Waals surface area contributed by atoms with Gasteiger partial charge in [0.1, 0.15) is 0 Å². The maximum atomic E-state index is 4.47. The molecule has 1 saturated heterocycles. The van der Waals surface area contributed by atoms with Crippen molar-refractivity contribution in [3.8, 4) is 5.82 Å². The van der Waals surface area contributed by atoms with Crippen molar-refractivity contribution in [3.05, 3.63) is 65.5 Å². The molecule has 0 unspecified atom stereocenters. The average molecular weight is 348 g/mol. The summed E-state index contributed by atoms with van der Waals surface area (Å²) in [5, 5.41) is 13.3. The van der Waals surface area contributed by atoms with Gasteiger partial charge in [-0.1, -0.05) is 30.3 Å². The molecule has 0 atom stereocenters. The highest BCUT2D eigenvalue weighted by Crippen LogP contribution is 2.16. The Kier molecular flexibility index (Phi) is 4.67. The van der Waals surface area contributed by atoms with Crippen LogP contribution in [-0.4, -0.2) is 51.1 Å². The summed E-state index contributed by atoms with van der Waals surface area (Å²) in [6.45, 7) is 9.05. The lowest BCUT2D eigenvalue weighted by Crippen LogP contribution is -2.46. The predicted molar refractivity (Wildman–Crippen MR) is 103 cm³/mol. The highest BCUT2D eigenvalue weighted by atomic mass is 15.4. The van der Waals surface area contributed by atoms with Gasteiger partial charge in [-0.25, -0.2) is 4.68 Å². The Bertz CT molecular complexity index is 848. The number of aromatic nitrogens is 4. The molecule has 0 radical (unpaired) electrons. The molecule has 0 aliphatic carbocycles. The molecule has 0 N–H and O–H groups in total. The molecule has 0 saturated carbocycles. The number of benzene rings is 1. The molecule has 0 amide bonds. The fourth-order valence-corrected chi connectivity index (χ4v) is 3.44. The van der Waals surface area contributed by atoms with Crippen LogP contribution in [0.5, 0.6) is 0 Å². The quantitative estimate of drug-likeness (QED) is 0.725. The molecule has 2 aromatic heterocycles. The maximum Gasteiger partial charge on any atom is 0.176 e. The summed E-state index contributed by atoms with van der Waals surface area (Å²) in [5.74, 6) is 1.71. The van der Waals surface area contributed by atoms with Crippen molar-refractivity contribution in [3.63, 3.8) is 0 Å². The fourth-order valence-electron chi connectivity index (χ4n) is 3.44. The molecule has 4 rings (SSSR count). The smallest absolute Gasteiger partial charge is 0.176 e. The van der Waals surface area contributed by atoms with Crippen molar-refractivity contribution in [2.45, 2.75) is 20.4 Å². The third-order valence-corrected chi connectivity index (χ3v) is 4.81. The summed E-state index contributed by atoms with van der Waals surface area (Å²) >= 11 is 0. The summed E-state index contributed by atoms with van der Waals surface area (Å²) < 4.78 is 1.84. The SMILES string of the molecule is Cc1cc(C)n(-c2ccc(N3CCN(Cc4ccccc4)CC3)nn2)n1. The molecule has 6 nitrogen and oxygen atoms in total. The van der Waals surface area contributed by atoms with Crippen molar-refractivity contribution in [2.75, 3.05) is 31.1 Å². The van der Waals surface area contributed by atoms with E-state index in [1.165, 1.54) is 5.56 Å². The van der Waals surface area contributed by atoms with Crippen molar-refractivity contribution in [1.29, 1.82) is 0 Å². The second-order valence-electron chi connectivity index (χ2n) is 6.84. The number of anilines is 1. The van der Waals surface area contributed by atoms with Crippen molar-refractivity contribution >= 4 is 5.82 Å². The van der Waals surface area contributed by atoms with Crippen LogP contribution < -0.4 is 4.90 Å². The highest BCUT2D eigenvalue weighted by molar-refractivity contribution is 5.40. The van der Waals surface area contributed by atoms with Crippen molar-refractivity contribution in [1.82, 2.24) is 24.9 Å². The van der Waals surface area contributed by atoms with E-state index in [9.17, 15) is 0 Å². The number of aryl methyl sites for hydroxylation is 2. The summed E-state index contributed by atoms with van der Waals surface area (Å²) in [4.78, 5) is 4.79. The molecule has 1 aliphatic heterocycles. The minimum Gasteiger partial charge on any atom is -0.353 e. The molecule has 26 heavy (non-hydrogen) atoms. The van der Waals surface area contributed by atoms with Crippen molar-refractivity contribution in [2.24, 2.45) is 0 Å². The zero-order chi connectivity index (χ0) is 17.9. The van der Waals surface area contributed by atoms with Crippen LogP contribution in [0, 0.1) is 13.8 Å². The van der Waals surface area contributed by atoms with Gasteiger partial charge in [0, 0.05) is 38.4 Å². The number of piperazine rings is 1. The third-order valence-electron chi connectivity index (χ3n) is 4.81. The normalized spacial score (nSPS) is 15.4. The Labute approximate surface area is 154 Å². The highest BCUT2D eigenvalue weighted by Gasteiger charge is 2.18. The monoisotopic (exact) mass is 348 g/mol. The summed E-state index contributed by atoms with van der Waals surface area (Å²) in [5.41, 5.74) is 3.43. The Hall–Kier alpha value is -2.73. The number of hydrogen-bond donors (Lipinski definition) is 0. The van der Waals surface area contributed by atoms with Crippen LogP contribution in [0.3, 0.4) is 0 Å². The average Bonchev–Trinajstić information content (AvgIpc) is 3.02. The zero-order valence-electron chi connectivity index (χ0n) is 15.3. The first-order chi connectivity index (χ1) is 12.7. The van der Waals surface area contributed by atoms with Gasteiger partial charge in [0.15, 0.2) is 11.6 Å². The van der Waals surface area contributed by atoms with Gasteiger partial charge in [-0.2, -0.15) is 5.10 Å². The van der Waals surface area contributed by atoms with E-state index in [4.69, 9.17) is 0 Å². The van der Waals surface area contributed by atoms with Crippen LogP contribution in [0.15, 0.2) is 48.5 Å². The lowest BCUT2D eigenvalue weighted by atomic mass is 10.2. The first-order valence-corrected chi connectivity index (χ1v) is 9.08. The van der Waals surface area contributed by atoms with E-state index in [1.54, 1.807) is 0 Å². The third kappa shape index (κ3) is 3.60. The van der Waals surface area contributed by atoms with Crippen molar-refractivity contribution < 1.29 is 0 Å². The van der Waals surface area contributed by atoms with Crippen LogP contribution >= 0.6 is 0 Å². The van der Waals surface area contributed by atoms with E-state index in [1.807, 2.05) is 36.7 Å². The van der Waals surface area contributed by atoms with E-state index in [0.717, 1.165) is 55.7 Å². The summed E-state index contributed by atoms with van der Waals surface area (Å²) in [6.07, 6.45) is 0. The van der Waals surface area contributed by atoms with Gasteiger partial charge in [0.05, 0.1) is 5.69 Å². The van der Waals surface area contributed by atoms with Gasteiger partial charge in [-0.15, -0.1) is 10.2 Å². The van der Waals surface area contributed by atoms with Gasteiger partial charge in [-0.3, -0.25) is 4.90 Å². The molecule has 0 spiro atoms. The van der Waals surface area contributed by atoms with Crippen LogP contribution in [0.2, 0.25) is 0 Å². The fraction of sp³-hybridized carbons (Fsp3) is 0.350. The lowest BCUT2D eigenvalue weighted by molar-refractivity contribution is 0.249. The number of nitrogens with zero attached hydrogens (tertiary/aromatic N) is 6. The molecule has 3 heterocycles. The minimum absolute atomic E-state index is 0.766. The van der Waals surface area contributed by atoms with E-state index in [-0.39, 0.29) is 0 Å². The van der Waals surface area contributed by atoms with Gasteiger partial charge < -0.3 is 4.90 Å². The lowest BCUT2D eigenvalue weighted by Gasteiger charge is -2.35. The number of hydrogen-bond acceptors (Lipinski definition) is 5. The van der Waals surface area contributed by atoms with E-state index in [2.05, 4.69) is 55.4 Å². The van der Waals surface area contributed by atoms with E-state index < -0.39 is 0 Å². The molecule has 1 aromatic carbocycles.